The van der Waals surface area contributed by atoms with Gasteiger partial charge in [0.05, 0.1) is 6.67 Å². The Morgan fingerprint density at radius 2 is 2.07 bits per heavy atom. The van der Waals surface area contributed by atoms with Gasteiger partial charge in [0.1, 0.15) is 0 Å². The number of halogens is 2. The topological polar surface area (TPSA) is 12.0 Å². The van der Waals surface area contributed by atoms with Crippen molar-refractivity contribution in [2.45, 2.75) is 18.8 Å². The predicted octanol–water partition coefficient (Wildman–Crippen LogP) is 2.87. The van der Waals surface area contributed by atoms with E-state index in [4.69, 9.17) is 11.6 Å². The maximum atomic E-state index is 11.8. The molecule has 0 unspecified atom stereocenters. The Balaban J connectivity index is 2.34. The first-order valence-electron chi connectivity index (χ1n) is 4.77. The molecule has 1 aromatic carbocycles. The number of hydrogen-bond donors (Lipinski definition) is 1. The van der Waals surface area contributed by atoms with Crippen LogP contribution in [-0.4, -0.2) is 13.2 Å². The molecule has 0 saturated heterocycles. The van der Waals surface area contributed by atoms with Crippen molar-refractivity contribution in [1.82, 2.24) is 5.32 Å². The Morgan fingerprint density at radius 1 is 1.29 bits per heavy atom. The van der Waals surface area contributed by atoms with Crippen LogP contribution in [0.4, 0.5) is 4.39 Å². The third-order valence-corrected chi connectivity index (χ3v) is 2.27. The fraction of sp³-hybridized carbons (Fsp3) is 0.455. The molecule has 3 heteroatoms. The first-order valence-corrected chi connectivity index (χ1v) is 5.30. The Labute approximate surface area is 89.3 Å². The van der Waals surface area contributed by atoms with Gasteiger partial charge in [0, 0.05) is 12.4 Å². The van der Waals surface area contributed by atoms with Gasteiger partial charge in [0.15, 0.2) is 0 Å². The van der Waals surface area contributed by atoms with Crippen molar-refractivity contribution < 1.29 is 4.39 Å². The van der Waals surface area contributed by atoms with Gasteiger partial charge in [-0.1, -0.05) is 24.3 Å². The van der Waals surface area contributed by atoms with Gasteiger partial charge in [-0.3, -0.25) is 4.39 Å². The van der Waals surface area contributed by atoms with E-state index >= 15 is 0 Å². The van der Waals surface area contributed by atoms with Gasteiger partial charge >= 0.3 is 0 Å². The minimum Gasteiger partial charge on any atom is -0.313 e. The fourth-order valence-corrected chi connectivity index (χ4v) is 1.41. The summed E-state index contributed by atoms with van der Waals surface area (Å²) in [6.45, 7) is 1.25. The lowest BCUT2D eigenvalue weighted by atomic mass is 10.1. The molecule has 0 atom stereocenters. The van der Waals surface area contributed by atoms with Crippen molar-refractivity contribution in [2.24, 2.45) is 0 Å². The van der Waals surface area contributed by atoms with Gasteiger partial charge in [-0.25, -0.2) is 0 Å². The Bertz CT molecular complexity index is 265. The molecule has 0 aliphatic carbocycles. The van der Waals surface area contributed by atoms with Gasteiger partial charge in [0.25, 0.3) is 0 Å². The maximum Gasteiger partial charge on any atom is 0.0906 e. The normalized spacial score (nSPS) is 10.4. The second-order valence-corrected chi connectivity index (χ2v) is 3.44. The lowest BCUT2D eigenvalue weighted by Gasteiger charge is -2.04. The zero-order valence-electron chi connectivity index (χ0n) is 8.10. The van der Waals surface area contributed by atoms with E-state index in [0.717, 1.165) is 18.7 Å². The van der Waals surface area contributed by atoms with Gasteiger partial charge in [-0.2, -0.15) is 0 Å². The number of rotatable bonds is 6. The molecule has 0 amide bonds. The second kappa shape index (κ2) is 6.80. The van der Waals surface area contributed by atoms with Gasteiger partial charge in [-0.05, 0) is 24.1 Å². The Hall–Kier alpha value is -0.600. The molecule has 1 N–H and O–H groups in total. The summed E-state index contributed by atoms with van der Waals surface area (Å²) in [6.07, 6.45) is 0.579. The van der Waals surface area contributed by atoms with Crippen LogP contribution in [0.2, 0.25) is 0 Å². The van der Waals surface area contributed by atoms with Crippen LogP contribution >= 0.6 is 11.6 Å². The third-order valence-electron chi connectivity index (χ3n) is 1.96. The number of benzene rings is 1. The van der Waals surface area contributed by atoms with E-state index in [2.05, 4.69) is 11.4 Å². The van der Waals surface area contributed by atoms with Crippen LogP contribution in [0.1, 0.15) is 17.5 Å². The van der Waals surface area contributed by atoms with Crippen LogP contribution < -0.4 is 5.32 Å². The molecule has 78 valence electrons. The molecule has 0 spiro atoms. The summed E-state index contributed by atoms with van der Waals surface area (Å²) in [5.41, 5.74) is 2.32. The zero-order valence-corrected chi connectivity index (χ0v) is 8.86. The standard InChI is InChI=1S/C11H15ClFN/c12-8-10-3-1-4-11(7-10)9-14-6-2-5-13/h1,3-4,7,14H,2,5-6,8-9H2. The maximum absolute atomic E-state index is 11.8. The van der Waals surface area contributed by atoms with Crippen LogP contribution in [0.3, 0.4) is 0 Å². The molecule has 1 aromatic rings. The molecule has 0 radical (unpaired) electrons. The average Bonchev–Trinajstić information content (AvgIpc) is 2.25. The largest absolute Gasteiger partial charge is 0.313 e. The number of hydrogen-bond acceptors (Lipinski definition) is 1. The second-order valence-electron chi connectivity index (χ2n) is 3.17. The van der Waals surface area contributed by atoms with Crippen molar-refractivity contribution in [3.05, 3.63) is 35.4 Å². The predicted molar refractivity (Wildman–Crippen MR) is 58.3 cm³/mol. The SMILES string of the molecule is FCCCNCc1cccc(CCl)c1. The van der Waals surface area contributed by atoms with Crippen molar-refractivity contribution in [2.75, 3.05) is 13.2 Å². The molecule has 1 rings (SSSR count). The highest BCUT2D eigenvalue weighted by Gasteiger charge is 1.94. The monoisotopic (exact) mass is 215 g/mol. The van der Waals surface area contributed by atoms with E-state index in [1.54, 1.807) is 0 Å². The number of nitrogens with one attached hydrogen (secondary N) is 1. The van der Waals surface area contributed by atoms with Crippen LogP contribution in [0.15, 0.2) is 24.3 Å². The van der Waals surface area contributed by atoms with E-state index in [0.29, 0.717) is 12.3 Å². The van der Waals surface area contributed by atoms with Crippen molar-refractivity contribution in [1.29, 1.82) is 0 Å². The van der Waals surface area contributed by atoms with Crippen molar-refractivity contribution in [3.8, 4) is 0 Å². The smallest absolute Gasteiger partial charge is 0.0906 e. The lowest BCUT2D eigenvalue weighted by molar-refractivity contribution is 0.459. The molecule has 0 saturated carbocycles. The summed E-state index contributed by atoms with van der Waals surface area (Å²) in [5.74, 6) is 0.540. The van der Waals surface area contributed by atoms with Gasteiger partial charge in [0.2, 0.25) is 0 Å². The molecule has 0 heterocycles. The molecule has 0 aromatic heterocycles. The van der Waals surface area contributed by atoms with Crippen LogP contribution in [-0.2, 0) is 12.4 Å². The lowest BCUT2D eigenvalue weighted by Crippen LogP contribution is -2.15. The minimum absolute atomic E-state index is 0.255. The van der Waals surface area contributed by atoms with E-state index in [9.17, 15) is 4.39 Å². The zero-order chi connectivity index (χ0) is 10.2. The molecular formula is C11H15ClFN. The first kappa shape index (κ1) is 11.5. The van der Waals surface area contributed by atoms with Gasteiger partial charge in [-0.15, -0.1) is 11.6 Å². The van der Waals surface area contributed by atoms with Gasteiger partial charge < -0.3 is 5.32 Å². The Morgan fingerprint density at radius 3 is 2.79 bits per heavy atom. The molecule has 0 bridgehead atoms. The van der Waals surface area contributed by atoms with Crippen LogP contribution in [0, 0.1) is 0 Å². The highest BCUT2D eigenvalue weighted by molar-refractivity contribution is 6.17. The van der Waals surface area contributed by atoms with E-state index < -0.39 is 0 Å². The molecule has 14 heavy (non-hydrogen) atoms. The molecule has 1 nitrogen and oxygen atoms in total. The summed E-state index contributed by atoms with van der Waals surface area (Å²) in [4.78, 5) is 0. The Kier molecular flexibility index (Phi) is 5.57. The molecular weight excluding hydrogens is 201 g/mol. The summed E-state index contributed by atoms with van der Waals surface area (Å²) < 4.78 is 11.8. The molecule has 0 aliphatic rings. The minimum atomic E-state index is -0.255. The molecule has 0 aliphatic heterocycles. The van der Waals surface area contributed by atoms with Crippen LogP contribution in [0.5, 0.6) is 0 Å². The van der Waals surface area contributed by atoms with Crippen LogP contribution in [0.25, 0.3) is 0 Å². The summed E-state index contributed by atoms with van der Waals surface area (Å²) in [6, 6.07) is 8.09. The fourth-order valence-electron chi connectivity index (χ4n) is 1.25. The number of alkyl halides is 2. The van der Waals surface area contributed by atoms with E-state index in [-0.39, 0.29) is 6.67 Å². The third kappa shape index (κ3) is 4.07. The molecule has 0 fully saturated rings. The van der Waals surface area contributed by atoms with Crippen molar-refractivity contribution >= 4 is 11.6 Å². The van der Waals surface area contributed by atoms with E-state index in [1.165, 1.54) is 5.56 Å². The summed E-state index contributed by atoms with van der Waals surface area (Å²) >= 11 is 5.71. The highest BCUT2D eigenvalue weighted by Crippen LogP contribution is 2.07. The van der Waals surface area contributed by atoms with E-state index in [1.807, 2.05) is 18.2 Å². The quantitative estimate of drug-likeness (QED) is 0.569. The van der Waals surface area contributed by atoms with Crippen molar-refractivity contribution in [3.63, 3.8) is 0 Å². The average molecular weight is 216 g/mol. The first-order chi connectivity index (χ1) is 6.86. The summed E-state index contributed by atoms with van der Waals surface area (Å²) in [5, 5.41) is 3.17. The highest BCUT2D eigenvalue weighted by atomic mass is 35.5. The summed E-state index contributed by atoms with van der Waals surface area (Å²) in [7, 11) is 0.